The zero-order valence-corrected chi connectivity index (χ0v) is 14.4. The normalized spacial score (nSPS) is 14.8. The van der Waals surface area contributed by atoms with E-state index in [4.69, 9.17) is 16.3 Å². The van der Waals surface area contributed by atoms with Gasteiger partial charge in [-0.2, -0.15) is 0 Å². The number of morpholine rings is 1. The van der Waals surface area contributed by atoms with Crippen LogP contribution < -0.4 is 4.90 Å². The molecule has 1 aliphatic rings. The number of thiophene rings is 1. The highest BCUT2D eigenvalue weighted by Gasteiger charge is 2.17. The largest absolute Gasteiger partial charge is 0.378 e. The molecule has 1 fully saturated rings. The summed E-state index contributed by atoms with van der Waals surface area (Å²) >= 11 is 7.90. The van der Waals surface area contributed by atoms with Gasteiger partial charge in [0.2, 0.25) is 0 Å². The molecule has 24 heavy (non-hydrogen) atoms. The van der Waals surface area contributed by atoms with Gasteiger partial charge in [-0.1, -0.05) is 17.7 Å². The Morgan fingerprint density at radius 3 is 2.54 bits per heavy atom. The highest BCUT2D eigenvalue weighted by atomic mass is 35.5. The van der Waals surface area contributed by atoms with Crippen LogP contribution in [0.15, 0.2) is 42.6 Å². The average molecular weight is 359 g/mol. The van der Waals surface area contributed by atoms with Crippen molar-refractivity contribution in [3.05, 3.63) is 47.7 Å². The highest BCUT2D eigenvalue weighted by Crippen LogP contribution is 2.35. The Labute approximate surface area is 148 Å². The number of pyridine rings is 1. The molecule has 0 aliphatic carbocycles. The minimum Gasteiger partial charge on any atom is -0.378 e. The Morgan fingerprint density at radius 1 is 1.00 bits per heavy atom. The van der Waals surface area contributed by atoms with E-state index in [2.05, 4.69) is 32.2 Å². The van der Waals surface area contributed by atoms with Gasteiger partial charge in [0, 0.05) is 19.3 Å². The van der Waals surface area contributed by atoms with Gasteiger partial charge >= 0.3 is 0 Å². The fourth-order valence-corrected chi connectivity index (χ4v) is 3.79. The molecule has 0 atom stereocenters. The molecule has 0 unspecified atom stereocenters. The lowest BCUT2D eigenvalue weighted by Gasteiger charge is -2.29. The van der Waals surface area contributed by atoms with Gasteiger partial charge in [-0.3, -0.25) is 4.98 Å². The molecule has 1 aliphatic heterocycles. The van der Waals surface area contributed by atoms with Gasteiger partial charge in [0.15, 0.2) is 5.15 Å². The zero-order chi connectivity index (χ0) is 16.4. The lowest BCUT2D eigenvalue weighted by atomic mass is 10.2. The summed E-state index contributed by atoms with van der Waals surface area (Å²) < 4.78 is 5.40. The van der Waals surface area contributed by atoms with Crippen molar-refractivity contribution in [3.63, 3.8) is 0 Å². The number of hydrogen-bond donors (Lipinski definition) is 0. The Balaban J connectivity index is 1.66. The van der Waals surface area contributed by atoms with Crippen molar-refractivity contribution in [2.24, 2.45) is 0 Å². The molecule has 3 aromatic rings. The molecule has 3 aromatic heterocycles. The zero-order valence-electron chi connectivity index (χ0n) is 12.9. The Hall–Kier alpha value is -2.02. The minimum atomic E-state index is 0.433. The standard InChI is InChI=1S/C17H15ClN4OS/c18-17-14(22-7-9-23-10-8-22)11-13(20-21-17)16-5-4-15(24-16)12-3-1-2-6-19-12/h1-6,11H,7-10H2. The van der Waals surface area contributed by atoms with Crippen LogP contribution in [0.25, 0.3) is 21.1 Å². The van der Waals surface area contributed by atoms with E-state index in [1.165, 1.54) is 0 Å². The first-order valence-corrected chi connectivity index (χ1v) is 8.88. The third-order valence-corrected chi connectivity index (χ3v) is 5.26. The molecule has 122 valence electrons. The molecule has 0 N–H and O–H groups in total. The molecule has 0 bridgehead atoms. The Bertz CT molecular complexity index is 834. The average Bonchev–Trinajstić information content (AvgIpc) is 3.14. The number of ether oxygens (including phenoxy) is 1. The molecule has 0 amide bonds. The van der Waals surface area contributed by atoms with Crippen LogP contribution >= 0.6 is 22.9 Å². The van der Waals surface area contributed by atoms with Gasteiger partial charge in [0.05, 0.1) is 34.3 Å². The molecule has 0 saturated carbocycles. The van der Waals surface area contributed by atoms with E-state index in [9.17, 15) is 0 Å². The second-order valence-electron chi connectivity index (χ2n) is 5.38. The first kappa shape index (κ1) is 15.5. The van der Waals surface area contributed by atoms with Gasteiger partial charge in [0.25, 0.3) is 0 Å². The molecule has 1 saturated heterocycles. The summed E-state index contributed by atoms with van der Waals surface area (Å²) in [6.07, 6.45) is 1.80. The number of aromatic nitrogens is 3. The fraction of sp³-hybridized carbons (Fsp3) is 0.235. The molecule has 7 heteroatoms. The maximum atomic E-state index is 6.26. The molecule has 0 aromatic carbocycles. The fourth-order valence-electron chi connectivity index (χ4n) is 2.64. The van der Waals surface area contributed by atoms with E-state index in [-0.39, 0.29) is 0 Å². The van der Waals surface area contributed by atoms with E-state index < -0.39 is 0 Å². The summed E-state index contributed by atoms with van der Waals surface area (Å²) in [5, 5.41) is 8.83. The van der Waals surface area contributed by atoms with Gasteiger partial charge in [-0.15, -0.1) is 21.5 Å². The van der Waals surface area contributed by atoms with E-state index >= 15 is 0 Å². The van der Waals surface area contributed by atoms with Gasteiger partial charge in [0.1, 0.15) is 5.69 Å². The first-order chi connectivity index (χ1) is 11.8. The molecule has 4 heterocycles. The lowest BCUT2D eigenvalue weighted by molar-refractivity contribution is 0.122. The lowest BCUT2D eigenvalue weighted by Crippen LogP contribution is -2.36. The van der Waals surface area contributed by atoms with Crippen molar-refractivity contribution in [2.75, 3.05) is 31.2 Å². The second kappa shape index (κ2) is 6.84. The third kappa shape index (κ3) is 3.13. The van der Waals surface area contributed by atoms with Crippen LogP contribution in [-0.4, -0.2) is 41.5 Å². The maximum Gasteiger partial charge on any atom is 0.175 e. The summed E-state index contributed by atoms with van der Waals surface area (Å²) in [5.74, 6) is 0. The van der Waals surface area contributed by atoms with Crippen LogP contribution in [0.3, 0.4) is 0 Å². The Kier molecular flexibility index (Phi) is 4.42. The number of nitrogens with zero attached hydrogens (tertiary/aromatic N) is 4. The van der Waals surface area contributed by atoms with E-state index in [1.807, 2.05) is 24.3 Å². The summed E-state index contributed by atoms with van der Waals surface area (Å²) in [5.41, 5.74) is 2.70. The predicted octanol–water partition coefficient (Wildman–Crippen LogP) is 3.76. The van der Waals surface area contributed by atoms with E-state index in [0.717, 1.165) is 39.9 Å². The molecular formula is C17H15ClN4OS. The van der Waals surface area contributed by atoms with E-state index in [1.54, 1.807) is 17.5 Å². The van der Waals surface area contributed by atoms with Crippen LogP contribution in [0, 0.1) is 0 Å². The molecule has 0 radical (unpaired) electrons. The van der Waals surface area contributed by atoms with Crippen molar-refractivity contribution in [1.29, 1.82) is 0 Å². The van der Waals surface area contributed by atoms with Crippen LogP contribution in [0.1, 0.15) is 0 Å². The summed E-state index contributed by atoms with van der Waals surface area (Å²) in [6, 6.07) is 12.0. The van der Waals surface area contributed by atoms with Gasteiger partial charge in [-0.05, 0) is 30.3 Å². The minimum absolute atomic E-state index is 0.433. The van der Waals surface area contributed by atoms with Crippen molar-refractivity contribution >= 4 is 28.6 Å². The molecule has 4 rings (SSSR count). The summed E-state index contributed by atoms with van der Waals surface area (Å²) in [7, 11) is 0. The quantitative estimate of drug-likeness (QED) is 0.713. The van der Waals surface area contributed by atoms with Crippen LogP contribution in [0.2, 0.25) is 5.15 Å². The molecular weight excluding hydrogens is 344 g/mol. The maximum absolute atomic E-state index is 6.26. The van der Waals surface area contributed by atoms with Crippen molar-refractivity contribution in [3.8, 4) is 21.1 Å². The van der Waals surface area contributed by atoms with Crippen LogP contribution in [0.5, 0.6) is 0 Å². The van der Waals surface area contributed by atoms with E-state index in [0.29, 0.717) is 18.4 Å². The third-order valence-electron chi connectivity index (χ3n) is 3.86. The van der Waals surface area contributed by atoms with Crippen LogP contribution in [0.4, 0.5) is 5.69 Å². The molecule has 0 spiro atoms. The second-order valence-corrected chi connectivity index (χ2v) is 6.83. The summed E-state index contributed by atoms with van der Waals surface area (Å²) in [6.45, 7) is 3.04. The smallest absolute Gasteiger partial charge is 0.175 e. The SMILES string of the molecule is Clc1nnc(-c2ccc(-c3ccccn3)s2)cc1N1CCOCC1. The number of rotatable bonds is 3. The number of hydrogen-bond acceptors (Lipinski definition) is 6. The highest BCUT2D eigenvalue weighted by molar-refractivity contribution is 7.18. The summed E-state index contributed by atoms with van der Waals surface area (Å²) in [4.78, 5) is 8.74. The first-order valence-electron chi connectivity index (χ1n) is 7.69. The van der Waals surface area contributed by atoms with Crippen molar-refractivity contribution < 1.29 is 4.74 Å². The number of halogens is 1. The van der Waals surface area contributed by atoms with Crippen molar-refractivity contribution in [1.82, 2.24) is 15.2 Å². The van der Waals surface area contributed by atoms with Crippen LogP contribution in [-0.2, 0) is 4.74 Å². The Morgan fingerprint density at radius 2 is 1.79 bits per heavy atom. The van der Waals surface area contributed by atoms with Crippen molar-refractivity contribution in [2.45, 2.75) is 0 Å². The van der Waals surface area contributed by atoms with Gasteiger partial charge < -0.3 is 9.64 Å². The van der Waals surface area contributed by atoms with Gasteiger partial charge in [-0.25, -0.2) is 0 Å². The molecule has 5 nitrogen and oxygen atoms in total. The monoisotopic (exact) mass is 358 g/mol. The topological polar surface area (TPSA) is 51.1 Å². The predicted molar refractivity (Wildman–Crippen MR) is 96.6 cm³/mol. The number of anilines is 1.